The number of rotatable bonds is 9. The monoisotopic (exact) mass is 426 g/mol. The highest BCUT2D eigenvalue weighted by atomic mass is 16.5. The molecule has 3 aromatic rings. The van der Waals surface area contributed by atoms with Gasteiger partial charge in [-0.3, -0.25) is 14.7 Å². The van der Waals surface area contributed by atoms with Gasteiger partial charge < -0.3 is 24.0 Å². The quantitative estimate of drug-likeness (QED) is 0.510. The van der Waals surface area contributed by atoms with E-state index in [1.54, 1.807) is 12.1 Å². The second kappa shape index (κ2) is 9.88. The summed E-state index contributed by atoms with van der Waals surface area (Å²) in [7, 11) is 5.85. The molecule has 2 N–H and O–H groups in total. The van der Waals surface area contributed by atoms with Gasteiger partial charge in [0.1, 0.15) is 0 Å². The van der Waals surface area contributed by atoms with Crippen molar-refractivity contribution in [1.29, 1.82) is 0 Å². The fourth-order valence-corrected chi connectivity index (χ4v) is 3.73. The van der Waals surface area contributed by atoms with Crippen LogP contribution < -0.4 is 19.8 Å². The van der Waals surface area contributed by atoms with Crippen LogP contribution in [0.25, 0.3) is 0 Å². The molecule has 0 radical (unpaired) electrons. The Hall–Kier alpha value is -3.68. The van der Waals surface area contributed by atoms with Crippen molar-refractivity contribution in [1.82, 2.24) is 10.2 Å². The first kappa shape index (κ1) is 22.0. The average Bonchev–Trinajstić information content (AvgIpc) is 3.16. The lowest BCUT2D eigenvalue weighted by molar-refractivity contribution is -0.140. The van der Waals surface area contributed by atoms with Gasteiger partial charge in [0.25, 0.3) is 5.56 Å². The molecule has 0 aliphatic rings. The number of carbonyl (C=O) groups is 1. The topological polar surface area (TPSA) is 103 Å². The van der Waals surface area contributed by atoms with Crippen LogP contribution >= 0.6 is 0 Å². The number of nitrogens with one attached hydrogen (secondary N) is 2. The highest BCUT2D eigenvalue weighted by molar-refractivity contribution is 5.72. The second-order valence-corrected chi connectivity index (χ2v) is 6.89. The van der Waals surface area contributed by atoms with E-state index in [2.05, 4.69) is 10.2 Å². The molecular weight excluding hydrogens is 400 g/mol. The third-order valence-electron chi connectivity index (χ3n) is 5.18. The summed E-state index contributed by atoms with van der Waals surface area (Å²) < 4.78 is 21.4. The number of methoxy groups -OCH3 is 4. The van der Waals surface area contributed by atoms with Gasteiger partial charge in [-0.15, -0.1) is 0 Å². The number of aromatic nitrogens is 2. The predicted molar refractivity (Wildman–Crippen MR) is 115 cm³/mol. The van der Waals surface area contributed by atoms with Crippen molar-refractivity contribution in [3.63, 3.8) is 0 Å². The minimum absolute atomic E-state index is 0.0505. The first-order chi connectivity index (χ1) is 15.0. The molecule has 1 atom stereocenters. The van der Waals surface area contributed by atoms with E-state index in [4.69, 9.17) is 18.9 Å². The summed E-state index contributed by atoms with van der Waals surface area (Å²) in [6.07, 6.45) is 0.438. The normalized spacial score (nSPS) is 11.6. The molecule has 0 bridgehead atoms. The molecule has 0 amide bonds. The maximum Gasteiger partial charge on any atom is 0.306 e. The average molecular weight is 426 g/mol. The number of hydrogen-bond donors (Lipinski definition) is 2. The number of benzene rings is 2. The zero-order valence-corrected chi connectivity index (χ0v) is 18.0. The van der Waals surface area contributed by atoms with Crippen LogP contribution in [0.15, 0.2) is 47.3 Å². The van der Waals surface area contributed by atoms with Crippen molar-refractivity contribution < 1.29 is 23.7 Å². The van der Waals surface area contributed by atoms with Gasteiger partial charge in [-0.25, -0.2) is 0 Å². The number of esters is 1. The minimum atomic E-state index is -0.629. The molecule has 1 heterocycles. The van der Waals surface area contributed by atoms with Crippen LogP contribution in [0.2, 0.25) is 0 Å². The first-order valence-corrected chi connectivity index (χ1v) is 9.73. The summed E-state index contributed by atoms with van der Waals surface area (Å²) in [5.74, 6) is 0.173. The van der Waals surface area contributed by atoms with Gasteiger partial charge in [0.05, 0.1) is 34.9 Å². The Morgan fingerprint density at radius 2 is 1.61 bits per heavy atom. The lowest BCUT2D eigenvalue weighted by Crippen LogP contribution is -2.19. The number of carbonyl (C=O) groups excluding carboxylic acids is 1. The van der Waals surface area contributed by atoms with Crippen LogP contribution in [0.3, 0.4) is 0 Å². The van der Waals surface area contributed by atoms with E-state index in [0.29, 0.717) is 40.5 Å². The predicted octanol–water partition coefficient (Wildman–Crippen LogP) is 3.01. The summed E-state index contributed by atoms with van der Waals surface area (Å²) in [5.41, 5.74) is 2.46. The van der Waals surface area contributed by atoms with E-state index in [-0.39, 0.29) is 12.0 Å². The summed E-state index contributed by atoms with van der Waals surface area (Å²) in [6, 6.07) is 13.2. The summed E-state index contributed by atoms with van der Waals surface area (Å²) in [4.78, 5) is 25.2. The highest BCUT2D eigenvalue weighted by Gasteiger charge is 2.30. The molecule has 0 saturated heterocycles. The Balaban J connectivity index is 2.18. The van der Waals surface area contributed by atoms with E-state index in [9.17, 15) is 9.59 Å². The Morgan fingerprint density at radius 3 is 2.23 bits per heavy atom. The summed E-state index contributed by atoms with van der Waals surface area (Å²) in [5, 5.41) is 5.62. The highest BCUT2D eigenvalue weighted by Crippen LogP contribution is 2.45. The van der Waals surface area contributed by atoms with Gasteiger partial charge >= 0.3 is 5.97 Å². The standard InChI is InChI=1S/C23H26N2O6/c1-28-18-11-10-15(21(30-3)22(18)31-4)16(13-19(26)29-2)20-17(24-25-23(20)27)12-14-8-6-5-7-9-14/h5-11,16H,12-13H2,1-4H3,(H2,24,25,27)/t16-/m1/s1. The Labute approximate surface area is 180 Å². The fourth-order valence-electron chi connectivity index (χ4n) is 3.73. The summed E-state index contributed by atoms with van der Waals surface area (Å²) in [6.45, 7) is 0. The van der Waals surface area contributed by atoms with Gasteiger partial charge in [0.2, 0.25) is 5.75 Å². The molecule has 0 saturated carbocycles. The number of hydrogen-bond acceptors (Lipinski definition) is 6. The molecular formula is C23H26N2O6. The third-order valence-corrected chi connectivity index (χ3v) is 5.18. The summed E-state index contributed by atoms with van der Waals surface area (Å²) >= 11 is 0. The van der Waals surface area contributed by atoms with E-state index < -0.39 is 11.9 Å². The lowest BCUT2D eigenvalue weighted by atomic mass is 9.86. The van der Waals surface area contributed by atoms with Crippen LogP contribution in [-0.4, -0.2) is 44.6 Å². The van der Waals surface area contributed by atoms with Gasteiger partial charge in [-0.2, -0.15) is 0 Å². The second-order valence-electron chi connectivity index (χ2n) is 6.89. The first-order valence-electron chi connectivity index (χ1n) is 9.73. The maximum absolute atomic E-state index is 12.9. The molecule has 0 spiro atoms. The maximum atomic E-state index is 12.9. The van der Waals surface area contributed by atoms with Crippen LogP contribution in [0.4, 0.5) is 0 Å². The minimum Gasteiger partial charge on any atom is -0.493 e. The van der Waals surface area contributed by atoms with Crippen molar-refractivity contribution in [2.45, 2.75) is 18.8 Å². The molecule has 0 aliphatic heterocycles. The van der Waals surface area contributed by atoms with Crippen LogP contribution in [0.5, 0.6) is 17.2 Å². The zero-order chi connectivity index (χ0) is 22.4. The molecule has 8 nitrogen and oxygen atoms in total. The van der Waals surface area contributed by atoms with Crippen LogP contribution in [0.1, 0.15) is 34.7 Å². The number of ether oxygens (including phenoxy) is 4. The van der Waals surface area contributed by atoms with E-state index in [0.717, 1.165) is 5.56 Å². The van der Waals surface area contributed by atoms with Gasteiger partial charge in [0, 0.05) is 29.2 Å². The zero-order valence-electron chi connectivity index (χ0n) is 18.0. The smallest absolute Gasteiger partial charge is 0.306 e. The number of H-pyrrole nitrogens is 2. The molecule has 164 valence electrons. The largest absolute Gasteiger partial charge is 0.493 e. The molecule has 2 aromatic carbocycles. The third kappa shape index (κ3) is 4.58. The van der Waals surface area contributed by atoms with Crippen molar-refractivity contribution in [2.24, 2.45) is 0 Å². The van der Waals surface area contributed by atoms with Crippen molar-refractivity contribution in [2.75, 3.05) is 28.4 Å². The SMILES string of the molecule is COC(=O)C[C@H](c1ccc(OC)c(OC)c1OC)c1c(Cc2ccccc2)[nH][nH]c1=O. The Morgan fingerprint density at radius 1 is 0.903 bits per heavy atom. The molecule has 0 aliphatic carbocycles. The molecule has 1 aromatic heterocycles. The van der Waals surface area contributed by atoms with E-state index in [1.165, 1.54) is 28.4 Å². The molecule has 3 rings (SSSR count). The Kier molecular flexibility index (Phi) is 7.02. The van der Waals surface area contributed by atoms with Crippen LogP contribution in [-0.2, 0) is 16.0 Å². The molecule has 31 heavy (non-hydrogen) atoms. The molecule has 8 heteroatoms. The molecule has 0 fully saturated rings. The van der Waals surface area contributed by atoms with E-state index in [1.807, 2.05) is 30.3 Å². The fraction of sp³-hybridized carbons (Fsp3) is 0.304. The number of aromatic amines is 2. The lowest BCUT2D eigenvalue weighted by Gasteiger charge is -2.22. The van der Waals surface area contributed by atoms with Gasteiger partial charge in [0.15, 0.2) is 11.5 Å². The Bertz CT molecular complexity index is 1090. The van der Waals surface area contributed by atoms with Crippen molar-refractivity contribution in [3.8, 4) is 17.2 Å². The van der Waals surface area contributed by atoms with Crippen molar-refractivity contribution >= 4 is 5.97 Å². The van der Waals surface area contributed by atoms with Crippen LogP contribution in [0, 0.1) is 0 Å². The van der Waals surface area contributed by atoms with Crippen molar-refractivity contribution in [3.05, 3.63) is 75.2 Å². The van der Waals surface area contributed by atoms with Gasteiger partial charge in [-0.05, 0) is 11.6 Å². The van der Waals surface area contributed by atoms with E-state index >= 15 is 0 Å². The molecule has 0 unspecified atom stereocenters. The van der Waals surface area contributed by atoms with Gasteiger partial charge in [-0.1, -0.05) is 36.4 Å².